The molecule has 0 amide bonds. The van der Waals surface area contributed by atoms with Gasteiger partial charge in [0, 0.05) is 18.0 Å². The monoisotopic (exact) mass is 501 g/mol. The molecule has 0 aliphatic heterocycles. The summed E-state index contributed by atoms with van der Waals surface area (Å²) >= 11 is 0. The third-order valence-electron chi connectivity index (χ3n) is 8.74. The molecule has 2 aliphatic carbocycles. The summed E-state index contributed by atoms with van der Waals surface area (Å²) in [5, 5.41) is 8.89. The van der Waals surface area contributed by atoms with E-state index in [1.54, 1.807) is 12.1 Å². The number of hydrogen-bond donors (Lipinski definition) is 0. The molecule has 0 unspecified atom stereocenters. The molecule has 37 heavy (non-hydrogen) atoms. The highest BCUT2D eigenvalue weighted by Gasteiger charge is 2.33. The molecule has 0 bridgehead atoms. The van der Waals surface area contributed by atoms with E-state index in [0.717, 1.165) is 36.2 Å². The Morgan fingerprint density at radius 1 is 0.865 bits per heavy atom. The number of nitrogens with zero attached hydrogens (tertiary/aromatic N) is 3. The Hall–Kier alpha value is -2.74. The third kappa shape index (κ3) is 8.12. The zero-order valence-electron chi connectivity index (χ0n) is 22.5. The zero-order chi connectivity index (χ0) is 25.9. The minimum atomic E-state index is -0.0940. The van der Waals surface area contributed by atoms with E-state index in [4.69, 9.17) is 10.00 Å². The van der Waals surface area contributed by atoms with E-state index in [1.807, 2.05) is 18.2 Å². The Morgan fingerprint density at radius 3 is 2.08 bits per heavy atom. The maximum atomic E-state index is 12.8. The van der Waals surface area contributed by atoms with Gasteiger partial charge in [0.15, 0.2) is 5.82 Å². The Balaban J connectivity index is 1.14. The number of nitriles is 1. The number of unbranched alkanes of at least 4 members (excludes halogenated alkanes) is 5. The second-order valence-electron chi connectivity index (χ2n) is 11.3. The fraction of sp³-hybridized carbons (Fsp3) is 0.625. The molecule has 2 aliphatic rings. The minimum Gasteiger partial charge on any atom is -0.426 e. The van der Waals surface area contributed by atoms with Gasteiger partial charge < -0.3 is 4.74 Å². The second-order valence-corrected chi connectivity index (χ2v) is 11.3. The molecule has 5 heteroatoms. The van der Waals surface area contributed by atoms with Gasteiger partial charge in [0.2, 0.25) is 0 Å². The molecule has 0 atom stereocenters. The predicted octanol–water partition coefficient (Wildman–Crippen LogP) is 8.28. The van der Waals surface area contributed by atoms with Crippen LogP contribution in [-0.2, 0) is 4.79 Å². The third-order valence-corrected chi connectivity index (χ3v) is 8.74. The molecular formula is C32H43N3O2. The summed E-state index contributed by atoms with van der Waals surface area (Å²) in [4.78, 5) is 21.3. The fourth-order valence-corrected chi connectivity index (χ4v) is 6.39. The van der Waals surface area contributed by atoms with Gasteiger partial charge in [-0.25, -0.2) is 9.97 Å². The number of esters is 1. The number of ether oxygens (including phenoxy) is 1. The van der Waals surface area contributed by atoms with Crippen LogP contribution in [0.5, 0.6) is 5.75 Å². The Kier molecular flexibility index (Phi) is 10.5. The van der Waals surface area contributed by atoms with Crippen LogP contribution in [-0.4, -0.2) is 15.9 Å². The first-order valence-electron chi connectivity index (χ1n) is 14.7. The van der Waals surface area contributed by atoms with Crippen LogP contribution in [0.3, 0.4) is 0 Å². The average molecular weight is 502 g/mol. The van der Waals surface area contributed by atoms with Crippen molar-refractivity contribution in [1.29, 1.82) is 5.26 Å². The number of aromatic nitrogens is 2. The van der Waals surface area contributed by atoms with Crippen molar-refractivity contribution in [2.75, 3.05) is 0 Å². The molecule has 1 aromatic carbocycles. The van der Waals surface area contributed by atoms with Crippen LogP contribution < -0.4 is 4.74 Å². The molecule has 5 nitrogen and oxygen atoms in total. The van der Waals surface area contributed by atoms with E-state index in [1.165, 1.54) is 95.9 Å². The van der Waals surface area contributed by atoms with Gasteiger partial charge >= 0.3 is 5.97 Å². The van der Waals surface area contributed by atoms with E-state index < -0.39 is 0 Å². The molecule has 0 N–H and O–H groups in total. The topological polar surface area (TPSA) is 75.9 Å². The molecule has 2 saturated carbocycles. The average Bonchev–Trinajstić information content (AvgIpc) is 2.96. The SMILES string of the molecule is CCCCCCCC[C@H]1CC[C@H]([C@H]2CC[C@H](C(=O)Oc3ccc(-c4ncc(C#N)cn4)cc3)CC2)CC1. The maximum Gasteiger partial charge on any atom is 0.314 e. The molecule has 2 fully saturated rings. The van der Waals surface area contributed by atoms with Crippen molar-refractivity contribution in [3.05, 3.63) is 42.2 Å². The van der Waals surface area contributed by atoms with Crippen LogP contribution in [0.2, 0.25) is 0 Å². The van der Waals surface area contributed by atoms with Crippen molar-refractivity contribution >= 4 is 5.97 Å². The van der Waals surface area contributed by atoms with Gasteiger partial charge in [0.25, 0.3) is 0 Å². The zero-order valence-corrected chi connectivity index (χ0v) is 22.5. The van der Waals surface area contributed by atoms with Gasteiger partial charge in [-0.2, -0.15) is 5.26 Å². The van der Waals surface area contributed by atoms with Gasteiger partial charge in [-0.05, 0) is 80.5 Å². The number of carbonyl (C=O) groups is 1. The van der Waals surface area contributed by atoms with Crippen molar-refractivity contribution in [3.63, 3.8) is 0 Å². The molecule has 1 heterocycles. The van der Waals surface area contributed by atoms with E-state index in [9.17, 15) is 4.79 Å². The van der Waals surface area contributed by atoms with E-state index in [2.05, 4.69) is 16.9 Å². The molecule has 0 spiro atoms. The second kappa shape index (κ2) is 14.3. The van der Waals surface area contributed by atoms with Crippen molar-refractivity contribution in [2.45, 2.75) is 103 Å². The minimum absolute atomic E-state index is 0.0156. The summed E-state index contributed by atoms with van der Waals surface area (Å²) in [6.07, 6.45) is 22.8. The van der Waals surface area contributed by atoms with Crippen LogP contribution in [0, 0.1) is 35.0 Å². The lowest BCUT2D eigenvalue weighted by molar-refractivity contribution is -0.140. The summed E-state index contributed by atoms with van der Waals surface area (Å²) in [5.41, 5.74) is 1.26. The van der Waals surface area contributed by atoms with Crippen LogP contribution in [0.25, 0.3) is 11.4 Å². The summed E-state index contributed by atoms with van der Waals surface area (Å²) in [6, 6.07) is 9.31. The van der Waals surface area contributed by atoms with Crippen LogP contribution in [0.15, 0.2) is 36.7 Å². The van der Waals surface area contributed by atoms with Crippen LogP contribution >= 0.6 is 0 Å². The van der Waals surface area contributed by atoms with Gasteiger partial charge in [-0.15, -0.1) is 0 Å². The fourth-order valence-electron chi connectivity index (χ4n) is 6.39. The maximum absolute atomic E-state index is 12.8. The van der Waals surface area contributed by atoms with Crippen molar-refractivity contribution in [3.8, 4) is 23.2 Å². The smallest absolute Gasteiger partial charge is 0.314 e. The Labute approximate surface area is 223 Å². The lowest BCUT2D eigenvalue weighted by Gasteiger charge is -2.37. The molecule has 198 valence electrons. The summed E-state index contributed by atoms with van der Waals surface area (Å²) in [7, 11) is 0. The van der Waals surface area contributed by atoms with E-state index in [0.29, 0.717) is 17.1 Å². The van der Waals surface area contributed by atoms with Gasteiger partial charge in [-0.3, -0.25) is 4.79 Å². The molecule has 1 aromatic heterocycles. The van der Waals surface area contributed by atoms with Gasteiger partial charge in [0.05, 0.1) is 11.5 Å². The first kappa shape index (κ1) is 27.3. The standard InChI is InChI=1S/C32H43N3O2/c1-2-3-4-5-6-7-8-24-9-11-26(12-10-24)27-13-15-29(16-14-27)32(36)37-30-19-17-28(18-20-30)31-34-22-25(21-33)23-35-31/h17-20,22-24,26-27,29H,2-16H2,1H3/t24-,26-,27-,29-. The molecular weight excluding hydrogens is 458 g/mol. The largest absolute Gasteiger partial charge is 0.426 e. The summed E-state index contributed by atoms with van der Waals surface area (Å²) in [6.45, 7) is 2.29. The Bertz CT molecular complexity index is 996. The number of carbonyl (C=O) groups excluding carboxylic acids is 1. The Morgan fingerprint density at radius 2 is 1.46 bits per heavy atom. The van der Waals surface area contributed by atoms with Crippen molar-refractivity contribution in [1.82, 2.24) is 9.97 Å². The number of benzene rings is 1. The summed E-state index contributed by atoms with van der Waals surface area (Å²) in [5.74, 6) is 3.66. The number of hydrogen-bond acceptors (Lipinski definition) is 5. The van der Waals surface area contributed by atoms with Gasteiger partial charge in [0.1, 0.15) is 11.8 Å². The van der Waals surface area contributed by atoms with E-state index in [-0.39, 0.29) is 11.9 Å². The predicted molar refractivity (Wildman–Crippen MR) is 147 cm³/mol. The van der Waals surface area contributed by atoms with Crippen molar-refractivity contribution < 1.29 is 9.53 Å². The van der Waals surface area contributed by atoms with Gasteiger partial charge in [-0.1, -0.05) is 64.7 Å². The van der Waals surface area contributed by atoms with E-state index >= 15 is 0 Å². The first-order chi connectivity index (χ1) is 18.2. The molecule has 2 aromatic rings. The molecule has 4 rings (SSSR count). The number of rotatable bonds is 11. The highest BCUT2D eigenvalue weighted by atomic mass is 16.5. The quantitative estimate of drug-likeness (QED) is 0.176. The lowest BCUT2D eigenvalue weighted by atomic mass is 9.68. The van der Waals surface area contributed by atoms with Crippen molar-refractivity contribution in [2.24, 2.45) is 23.7 Å². The molecule has 0 radical (unpaired) electrons. The normalized spacial score (nSPS) is 23.8. The highest BCUT2D eigenvalue weighted by molar-refractivity contribution is 5.75. The van der Waals surface area contributed by atoms with Crippen LogP contribution in [0.4, 0.5) is 0 Å². The highest BCUT2D eigenvalue weighted by Crippen LogP contribution is 2.42. The first-order valence-corrected chi connectivity index (χ1v) is 14.7. The lowest BCUT2D eigenvalue weighted by Crippen LogP contribution is -2.30. The van der Waals surface area contributed by atoms with Crippen LogP contribution in [0.1, 0.15) is 109 Å². The summed E-state index contributed by atoms with van der Waals surface area (Å²) < 4.78 is 5.72. The molecule has 0 saturated heterocycles.